The Labute approximate surface area is 126 Å². The van der Waals surface area contributed by atoms with Gasteiger partial charge in [-0.15, -0.1) is 4.83 Å². The predicted molar refractivity (Wildman–Crippen MR) is 82.3 cm³/mol. The van der Waals surface area contributed by atoms with Gasteiger partial charge in [-0.25, -0.2) is 13.4 Å². The number of sulfonamides is 1. The third-order valence-corrected chi connectivity index (χ3v) is 5.33. The van der Waals surface area contributed by atoms with Gasteiger partial charge in [0.1, 0.15) is 10.6 Å². The number of anilines is 1. The van der Waals surface area contributed by atoms with Crippen LogP contribution in [0.4, 0.5) is 5.69 Å². The predicted octanol–water partition coefficient (Wildman–Crippen LogP) is 1.73. The molecule has 2 rings (SSSR count). The average molecular weight is 313 g/mol. The zero-order valence-electron chi connectivity index (χ0n) is 12.7. The number of nitrogens with two attached hydrogens (primary N) is 1. The molecule has 1 aliphatic heterocycles. The van der Waals surface area contributed by atoms with Gasteiger partial charge >= 0.3 is 0 Å². The molecule has 1 saturated heterocycles. The largest absolute Gasteiger partial charge is 0.497 e. The van der Waals surface area contributed by atoms with Crippen LogP contribution < -0.4 is 15.3 Å². The number of nitrogens with zero attached hydrogens (tertiary/aromatic N) is 1. The van der Waals surface area contributed by atoms with Gasteiger partial charge in [-0.1, -0.05) is 6.42 Å². The van der Waals surface area contributed by atoms with E-state index in [-0.39, 0.29) is 22.7 Å². The molecule has 3 N–H and O–H groups in total. The molecule has 0 amide bonds. The summed E-state index contributed by atoms with van der Waals surface area (Å²) in [6.45, 7) is 4.05. The fraction of sp³-hybridized carbons (Fsp3) is 0.571. The Balaban J connectivity index is 2.25. The molecule has 1 aromatic rings. The molecule has 118 valence electrons. The van der Waals surface area contributed by atoms with Crippen LogP contribution >= 0.6 is 0 Å². The van der Waals surface area contributed by atoms with Crippen molar-refractivity contribution in [1.29, 1.82) is 0 Å². The van der Waals surface area contributed by atoms with Crippen LogP contribution in [0.5, 0.6) is 5.75 Å². The SMILES string of the molecule is COc1ccc(S(=O)(=O)NN2C(C)CCCC2C)c(N)c1. The van der Waals surface area contributed by atoms with Crippen molar-refractivity contribution in [2.24, 2.45) is 0 Å². The molecule has 2 unspecified atom stereocenters. The van der Waals surface area contributed by atoms with Crippen LogP contribution in [0.2, 0.25) is 0 Å². The van der Waals surface area contributed by atoms with Gasteiger partial charge in [0.05, 0.1) is 12.8 Å². The number of piperidine rings is 1. The zero-order chi connectivity index (χ0) is 15.6. The van der Waals surface area contributed by atoms with Gasteiger partial charge in [-0.05, 0) is 38.8 Å². The lowest BCUT2D eigenvalue weighted by Crippen LogP contribution is -2.54. The van der Waals surface area contributed by atoms with Crippen LogP contribution in [0.25, 0.3) is 0 Å². The number of benzene rings is 1. The monoisotopic (exact) mass is 313 g/mol. The average Bonchev–Trinajstić information content (AvgIpc) is 2.42. The minimum Gasteiger partial charge on any atom is -0.497 e. The van der Waals surface area contributed by atoms with E-state index in [2.05, 4.69) is 4.83 Å². The summed E-state index contributed by atoms with van der Waals surface area (Å²) >= 11 is 0. The topological polar surface area (TPSA) is 84.7 Å². The first-order valence-electron chi connectivity index (χ1n) is 7.09. The molecule has 2 atom stereocenters. The van der Waals surface area contributed by atoms with E-state index in [0.717, 1.165) is 19.3 Å². The van der Waals surface area contributed by atoms with E-state index in [4.69, 9.17) is 10.5 Å². The molecule has 0 radical (unpaired) electrons. The first-order valence-corrected chi connectivity index (χ1v) is 8.58. The molecule has 1 aromatic carbocycles. The quantitative estimate of drug-likeness (QED) is 0.827. The lowest BCUT2D eigenvalue weighted by Gasteiger charge is -2.38. The van der Waals surface area contributed by atoms with Gasteiger partial charge in [0.2, 0.25) is 0 Å². The highest BCUT2D eigenvalue weighted by atomic mass is 32.2. The van der Waals surface area contributed by atoms with E-state index in [9.17, 15) is 8.42 Å². The van der Waals surface area contributed by atoms with Crippen LogP contribution in [0.15, 0.2) is 23.1 Å². The Kier molecular flexibility index (Phi) is 4.75. The van der Waals surface area contributed by atoms with Gasteiger partial charge in [0.15, 0.2) is 0 Å². The molecular formula is C14H23N3O3S. The fourth-order valence-electron chi connectivity index (χ4n) is 2.69. The Bertz CT molecular complexity index is 593. The third-order valence-electron chi connectivity index (χ3n) is 3.93. The normalized spacial score (nSPS) is 24.0. The van der Waals surface area contributed by atoms with Gasteiger partial charge in [0.25, 0.3) is 10.0 Å². The van der Waals surface area contributed by atoms with E-state index < -0.39 is 10.0 Å². The Hall–Kier alpha value is -1.31. The summed E-state index contributed by atoms with van der Waals surface area (Å²) in [6, 6.07) is 4.91. The number of rotatable bonds is 4. The molecule has 0 aromatic heterocycles. The lowest BCUT2D eigenvalue weighted by molar-refractivity contribution is 0.0790. The zero-order valence-corrected chi connectivity index (χ0v) is 13.5. The highest BCUT2D eigenvalue weighted by molar-refractivity contribution is 7.89. The van der Waals surface area contributed by atoms with E-state index in [0.29, 0.717) is 5.75 Å². The summed E-state index contributed by atoms with van der Waals surface area (Å²) < 4.78 is 30.1. The van der Waals surface area contributed by atoms with Crippen molar-refractivity contribution in [3.8, 4) is 5.75 Å². The van der Waals surface area contributed by atoms with Crippen molar-refractivity contribution in [2.75, 3.05) is 12.8 Å². The van der Waals surface area contributed by atoms with E-state index in [1.165, 1.54) is 19.2 Å². The van der Waals surface area contributed by atoms with Crippen LogP contribution in [0.3, 0.4) is 0 Å². The number of nitrogen functional groups attached to an aromatic ring is 1. The summed E-state index contributed by atoms with van der Waals surface area (Å²) in [5.41, 5.74) is 6.02. The van der Waals surface area contributed by atoms with Gasteiger partial charge < -0.3 is 10.5 Å². The summed E-state index contributed by atoms with van der Waals surface area (Å²) in [5.74, 6) is 0.533. The first kappa shape index (κ1) is 16.1. The Morgan fingerprint density at radius 1 is 1.29 bits per heavy atom. The maximum Gasteiger partial charge on any atom is 0.255 e. The Morgan fingerprint density at radius 3 is 2.43 bits per heavy atom. The fourth-order valence-corrected chi connectivity index (χ4v) is 4.04. The molecule has 0 spiro atoms. The van der Waals surface area contributed by atoms with Gasteiger partial charge in [-0.3, -0.25) is 0 Å². The summed E-state index contributed by atoms with van der Waals surface area (Å²) in [7, 11) is -2.17. The molecule has 0 saturated carbocycles. The molecule has 1 heterocycles. The molecule has 21 heavy (non-hydrogen) atoms. The second-order valence-corrected chi connectivity index (χ2v) is 7.16. The first-order chi connectivity index (χ1) is 9.85. The second-order valence-electron chi connectivity index (χ2n) is 5.53. The van der Waals surface area contributed by atoms with Crippen LogP contribution in [0.1, 0.15) is 33.1 Å². The molecule has 0 aliphatic carbocycles. The highest BCUT2D eigenvalue weighted by Gasteiger charge is 2.30. The maximum atomic E-state index is 12.5. The van der Waals surface area contributed by atoms with E-state index in [1.54, 1.807) is 6.07 Å². The molecule has 6 nitrogen and oxygen atoms in total. The number of nitrogens with one attached hydrogen (secondary N) is 1. The highest BCUT2D eigenvalue weighted by Crippen LogP contribution is 2.26. The number of hydrazine groups is 1. The number of ether oxygens (including phenoxy) is 1. The molecular weight excluding hydrogens is 290 g/mol. The van der Waals surface area contributed by atoms with Crippen molar-refractivity contribution in [3.63, 3.8) is 0 Å². The molecule has 0 bridgehead atoms. The number of hydrogen-bond acceptors (Lipinski definition) is 5. The van der Waals surface area contributed by atoms with Gasteiger partial charge in [-0.2, -0.15) is 0 Å². The van der Waals surface area contributed by atoms with E-state index >= 15 is 0 Å². The second kappa shape index (κ2) is 6.21. The molecule has 1 fully saturated rings. The standard InChI is InChI=1S/C14H23N3O3S/c1-10-5-4-6-11(2)17(10)16-21(18,19)14-8-7-12(20-3)9-13(14)15/h7-11,16H,4-6,15H2,1-3H3. The van der Waals surface area contributed by atoms with E-state index in [1.807, 2.05) is 18.9 Å². The van der Waals surface area contributed by atoms with Crippen molar-refractivity contribution in [1.82, 2.24) is 9.84 Å². The third kappa shape index (κ3) is 3.48. The van der Waals surface area contributed by atoms with Crippen LogP contribution in [-0.4, -0.2) is 32.6 Å². The molecule has 7 heteroatoms. The lowest BCUT2D eigenvalue weighted by atomic mass is 10.0. The molecule has 1 aliphatic rings. The maximum absolute atomic E-state index is 12.5. The summed E-state index contributed by atoms with van der Waals surface area (Å²) in [5, 5.41) is 1.81. The number of hydrogen-bond donors (Lipinski definition) is 2. The number of methoxy groups -OCH3 is 1. The summed E-state index contributed by atoms with van der Waals surface area (Å²) in [4.78, 5) is 2.75. The Morgan fingerprint density at radius 2 is 1.90 bits per heavy atom. The van der Waals surface area contributed by atoms with Crippen molar-refractivity contribution in [3.05, 3.63) is 18.2 Å². The summed E-state index contributed by atoms with van der Waals surface area (Å²) in [6.07, 6.45) is 3.07. The van der Waals surface area contributed by atoms with Crippen LogP contribution in [0, 0.1) is 0 Å². The van der Waals surface area contributed by atoms with Crippen molar-refractivity contribution >= 4 is 15.7 Å². The smallest absolute Gasteiger partial charge is 0.255 e. The minimum absolute atomic E-state index is 0.0771. The van der Waals surface area contributed by atoms with Crippen molar-refractivity contribution < 1.29 is 13.2 Å². The van der Waals surface area contributed by atoms with Crippen LogP contribution in [-0.2, 0) is 10.0 Å². The van der Waals surface area contributed by atoms with Gasteiger partial charge in [0, 0.05) is 18.2 Å². The van der Waals surface area contributed by atoms with Crippen molar-refractivity contribution in [2.45, 2.75) is 50.1 Å². The minimum atomic E-state index is -3.69.